The molecule has 0 amide bonds. The highest BCUT2D eigenvalue weighted by molar-refractivity contribution is 14.0. The Bertz CT molecular complexity index is 453. The number of aliphatic imine (C=N–C) groups is 1. The van der Waals surface area contributed by atoms with E-state index in [4.69, 9.17) is 5.73 Å². The van der Waals surface area contributed by atoms with Crippen molar-refractivity contribution in [3.05, 3.63) is 35.4 Å². The van der Waals surface area contributed by atoms with E-state index in [0.29, 0.717) is 12.5 Å². The van der Waals surface area contributed by atoms with Gasteiger partial charge in [0.15, 0.2) is 5.96 Å². The number of nitrogens with zero attached hydrogens (tertiary/aromatic N) is 3. The zero-order valence-electron chi connectivity index (χ0n) is 13.1. The van der Waals surface area contributed by atoms with Crippen LogP contribution in [0.5, 0.6) is 0 Å². The second-order valence-corrected chi connectivity index (χ2v) is 5.73. The summed E-state index contributed by atoms with van der Waals surface area (Å²) in [6, 6.07) is 8.47. The maximum Gasteiger partial charge on any atom is 0.191 e. The van der Waals surface area contributed by atoms with E-state index in [1.807, 2.05) is 0 Å². The van der Waals surface area contributed by atoms with Crippen molar-refractivity contribution in [3.8, 4) is 0 Å². The highest BCUT2D eigenvalue weighted by Crippen LogP contribution is 2.13. The zero-order valence-corrected chi connectivity index (χ0v) is 15.4. The van der Waals surface area contributed by atoms with E-state index in [2.05, 4.69) is 53.2 Å². The lowest BCUT2D eigenvalue weighted by Crippen LogP contribution is -2.40. The molecule has 0 spiro atoms. The fourth-order valence-corrected chi connectivity index (χ4v) is 2.60. The van der Waals surface area contributed by atoms with Crippen molar-refractivity contribution in [1.29, 1.82) is 0 Å². The van der Waals surface area contributed by atoms with Crippen molar-refractivity contribution in [2.24, 2.45) is 10.7 Å². The Morgan fingerprint density at radius 1 is 1.14 bits per heavy atom. The predicted octanol–water partition coefficient (Wildman–Crippen LogP) is 2.67. The highest BCUT2D eigenvalue weighted by Gasteiger charge is 2.12. The number of piperidine rings is 1. The van der Waals surface area contributed by atoms with Gasteiger partial charge < -0.3 is 15.5 Å². The number of guanidine groups is 1. The molecule has 1 aliphatic rings. The molecule has 2 rings (SSSR count). The van der Waals surface area contributed by atoms with Gasteiger partial charge in [0.1, 0.15) is 0 Å². The molecule has 0 unspecified atom stereocenters. The first-order valence-corrected chi connectivity index (χ1v) is 7.43. The summed E-state index contributed by atoms with van der Waals surface area (Å²) in [7, 11) is 4.17. The maximum atomic E-state index is 6.11. The van der Waals surface area contributed by atoms with Gasteiger partial charge in [-0.05, 0) is 44.5 Å². The number of hydrogen-bond acceptors (Lipinski definition) is 2. The lowest BCUT2D eigenvalue weighted by atomic mass is 10.1. The van der Waals surface area contributed by atoms with Gasteiger partial charge in [-0.3, -0.25) is 0 Å². The molecule has 0 saturated carbocycles. The van der Waals surface area contributed by atoms with Crippen molar-refractivity contribution >= 4 is 29.9 Å². The topological polar surface area (TPSA) is 44.9 Å². The Morgan fingerprint density at radius 3 is 2.38 bits per heavy atom. The zero-order chi connectivity index (χ0) is 14.4. The molecule has 1 saturated heterocycles. The van der Waals surface area contributed by atoms with Crippen LogP contribution in [0.1, 0.15) is 30.4 Å². The van der Waals surface area contributed by atoms with E-state index in [9.17, 15) is 0 Å². The Labute approximate surface area is 145 Å². The van der Waals surface area contributed by atoms with Crippen LogP contribution in [0.2, 0.25) is 0 Å². The summed E-state index contributed by atoms with van der Waals surface area (Å²) in [5.74, 6) is 0.698. The van der Waals surface area contributed by atoms with E-state index in [0.717, 1.165) is 19.6 Å². The third-order valence-corrected chi connectivity index (χ3v) is 3.70. The third kappa shape index (κ3) is 5.82. The largest absolute Gasteiger partial charge is 0.370 e. The number of benzene rings is 1. The second-order valence-electron chi connectivity index (χ2n) is 5.73. The fraction of sp³-hybridized carbons (Fsp3) is 0.562. The van der Waals surface area contributed by atoms with E-state index in [1.54, 1.807) is 0 Å². The van der Waals surface area contributed by atoms with Crippen molar-refractivity contribution in [3.63, 3.8) is 0 Å². The van der Waals surface area contributed by atoms with Crippen molar-refractivity contribution < 1.29 is 0 Å². The van der Waals surface area contributed by atoms with Crippen LogP contribution < -0.4 is 5.73 Å². The molecule has 1 heterocycles. The summed E-state index contributed by atoms with van der Waals surface area (Å²) in [6.45, 7) is 3.71. The van der Waals surface area contributed by atoms with Crippen molar-refractivity contribution in [2.75, 3.05) is 27.2 Å². The normalized spacial score (nSPS) is 16.0. The molecular weight excluding hydrogens is 375 g/mol. The Balaban J connectivity index is 0.00000220. The fourth-order valence-electron chi connectivity index (χ4n) is 2.60. The first-order chi connectivity index (χ1) is 9.66. The molecule has 0 atom stereocenters. The van der Waals surface area contributed by atoms with Gasteiger partial charge in [0, 0.05) is 19.6 Å². The quantitative estimate of drug-likeness (QED) is 0.479. The van der Waals surface area contributed by atoms with Crippen LogP contribution in [-0.2, 0) is 13.1 Å². The van der Waals surface area contributed by atoms with Gasteiger partial charge in [0.2, 0.25) is 0 Å². The van der Waals surface area contributed by atoms with Crippen LogP contribution in [0.3, 0.4) is 0 Å². The predicted molar refractivity (Wildman–Crippen MR) is 100.0 cm³/mol. The van der Waals surface area contributed by atoms with Crippen LogP contribution in [0.25, 0.3) is 0 Å². The molecule has 2 N–H and O–H groups in total. The summed E-state index contributed by atoms with van der Waals surface area (Å²) >= 11 is 0. The van der Waals surface area contributed by atoms with Gasteiger partial charge in [0.05, 0.1) is 6.54 Å². The molecule has 0 bridgehead atoms. The number of hydrogen-bond donors (Lipinski definition) is 1. The number of likely N-dealkylation sites (tertiary alicyclic amines) is 1. The molecular formula is C16H27IN4. The van der Waals surface area contributed by atoms with E-state index in [1.165, 1.54) is 30.4 Å². The Morgan fingerprint density at radius 2 is 1.76 bits per heavy atom. The lowest BCUT2D eigenvalue weighted by Gasteiger charge is -2.27. The van der Waals surface area contributed by atoms with Crippen molar-refractivity contribution in [1.82, 2.24) is 9.80 Å². The first-order valence-electron chi connectivity index (χ1n) is 7.43. The lowest BCUT2D eigenvalue weighted by molar-refractivity contribution is 0.338. The monoisotopic (exact) mass is 402 g/mol. The molecule has 4 nitrogen and oxygen atoms in total. The van der Waals surface area contributed by atoms with Gasteiger partial charge in [0.25, 0.3) is 0 Å². The van der Waals surface area contributed by atoms with E-state index >= 15 is 0 Å². The summed E-state index contributed by atoms with van der Waals surface area (Å²) < 4.78 is 0. The summed E-state index contributed by atoms with van der Waals surface area (Å²) in [4.78, 5) is 8.97. The molecule has 0 radical (unpaired) electrons. The van der Waals surface area contributed by atoms with Gasteiger partial charge in [-0.2, -0.15) is 0 Å². The maximum absolute atomic E-state index is 6.11. The third-order valence-electron chi connectivity index (χ3n) is 3.70. The smallest absolute Gasteiger partial charge is 0.191 e. The minimum atomic E-state index is 0. The first kappa shape index (κ1) is 18.2. The Hall–Kier alpha value is -0.820. The SMILES string of the molecule is CN(C)Cc1ccccc1CN=C(N)N1CCCCC1.I. The average Bonchev–Trinajstić information content (AvgIpc) is 2.46. The summed E-state index contributed by atoms with van der Waals surface area (Å²) in [5, 5.41) is 0. The molecule has 1 aliphatic heterocycles. The number of nitrogens with two attached hydrogens (primary N) is 1. The number of rotatable bonds is 4. The van der Waals surface area contributed by atoms with Gasteiger partial charge >= 0.3 is 0 Å². The molecule has 118 valence electrons. The van der Waals surface area contributed by atoms with Crippen LogP contribution in [0.15, 0.2) is 29.3 Å². The Kier molecular flexibility index (Phi) is 8.03. The molecule has 1 aromatic carbocycles. The average molecular weight is 402 g/mol. The van der Waals surface area contributed by atoms with Crippen LogP contribution in [0, 0.1) is 0 Å². The van der Waals surface area contributed by atoms with Gasteiger partial charge in [-0.1, -0.05) is 24.3 Å². The number of halogens is 1. The van der Waals surface area contributed by atoms with E-state index < -0.39 is 0 Å². The molecule has 0 aliphatic carbocycles. The van der Waals surface area contributed by atoms with Gasteiger partial charge in [-0.15, -0.1) is 24.0 Å². The summed E-state index contributed by atoms with van der Waals surface area (Å²) in [5.41, 5.74) is 8.70. The summed E-state index contributed by atoms with van der Waals surface area (Å²) in [6.07, 6.45) is 3.77. The van der Waals surface area contributed by atoms with Crippen LogP contribution in [-0.4, -0.2) is 42.9 Å². The van der Waals surface area contributed by atoms with Gasteiger partial charge in [-0.25, -0.2) is 4.99 Å². The minimum absolute atomic E-state index is 0. The molecule has 0 aromatic heterocycles. The van der Waals surface area contributed by atoms with Crippen molar-refractivity contribution in [2.45, 2.75) is 32.4 Å². The van der Waals surface area contributed by atoms with Crippen LogP contribution in [0.4, 0.5) is 0 Å². The molecule has 21 heavy (non-hydrogen) atoms. The standard InChI is InChI=1S/C16H26N4.HI/c1-19(2)13-15-9-5-4-8-14(15)12-18-16(17)20-10-6-3-7-11-20;/h4-5,8-9H,3,6-7,10-13H2,1-2H3,(H2,17,18);1H. The molecule has 1 aromatic rings. The minimum Gasteiger partial charge on any atom is -0.370 e. The van der Waals surface area contributed by atoms with Crippen LogP contribution >= 0.6 is 24.0 Å². The highest BCUT2D eigenvalue weighted by atomic mass is 127. The molecule has 1 fully saturated rings. The van der Waals surface area contributed by atoms with E-state index in [-0.39, 0.29) is 24.0 Å². The molecule has 5 heteroatoms. The second kappa shape index (κ2) is 9.25.